The smallest absolute Gasteiger partial charge is 0.116 e. The van der Waals surface area contributed by atoms with Crippen LogP contribution in [0.1, 0.15) is 12.5 Å². The average molecular weight is 176 g/mol. The van der Waals surface area contributed by atoms with Gasteiger partial charge < -0.3 is 0 Å². The highest BCUT2D eigenvalue weighted by molar-refractivity contribution is 5.13. The summed E-state index contributed by atoms with van der Waals surface area (Å²) < 4.78 is 0. The molecule has 0 aromatic heterocycles. The summed E-state index contributed by atoms with van der Waals surface area (Å²) in [5, 5.41) is 8.44. The number of benzene rings is 1. The van der Waals surface area contributed by atoms with Crippen LogP contribution in [0.25, 0.3) is 0 Å². The van der Waals surface area contributed by atoms with Gasteiger partial charge in [-0.2, -0.15) is 10.7 Å². The van der Waals surface area contributed by atoms with Gasteiger partial charge in [0.05, 0.1) is 12.7 Å². The van der Waals surface area contributed by atoms with E-state index in [-0.39, 0.29) is 6.04 Å². The molecule has 68 valence electrons. The molecule has 13 heavy (non-hydrogen) atoms. The first-order valence-electron chi connectivity index (χ1n) is 4.14. The summed E-state index contributed by atoms with van der Waals surface area (Å²) in [6.45, 7) is 2.22. The van der Waals surface area contributed by atoms with Crippen molar-refractivity contribution >= 4 is 0 Å². The first kappa shape index (κ1) is 9.72. The maximum Gasteiger partial charge on any atom is 0.116 e. The first-order chi connectivity index (χ1) is 6.33. The number of hydroxylamine groups is 1. The SMILES string of the molecule is CC(C#N)NOCc1ccccc1. The van der Waals surface area contributed by atoms with Crippen LogP contribution in [0, 0.1) is 11.3 Å². The van der Waals surface area contributed by atoms with E-state index in [4.69, 9.17) is 10.1 Å². The van der Waals surface area contributed by atoms with Gasteiger partial charge in [-0.15, -0.1) is 0 Å². The summed E-state index contributed by atoms with van der Waals surface area (Å²) >= 11 is 0. The molecule has 1 rings (SSSR count). The number of nitrogens with zero attached hydrogens (tertiary/aromatic N) is 1. The predicted molar refractivity (Wildman–Crippen MR) is 49.4 cm³/mol. The van der Waals surface area contributed by atoms with Crippen molar-refractivity contribution in [2.45, 2.75) is 19.6 Å². The van der Waals surface area contributed by atoms with Crippen molar-refractivity contribution in [3.8, 4) is 6.07 Å². The Morgan fingerprint density at radius 2 is 2.15 bits per heavy atom. The molecule has 3 heteroatoms. The van der Waals surface area contributed by atoms with E-state index in [9.17, 15) is 0 Å². The Balaban J connectivity index is 2.25. The van der Waals surface area contributed by atoms with Crippen molar-refractivity contribution in [2.24, 2.45) is 0 Å². The maximum absolute atomic E-state index is 8.44. The van der Waals surface area contributed by atoms with Crippen LogP contribution in [0.3, 0.4) is 0 Å². The molecule has 0 saturated carbocycles. The van der Waals surface area contributed by atoms with Gasteiger partial charge in [0.2, 0.25) is 0 Å². The van der Waals surface area contributed by atoms with Gasteiger partial charge in [-0.05, 0) is 12.5 Å². The standard InChI is InChI=1S/C10H12N2O/c1-9(7-11)12-13-8-10-5-3-2-4-6-10/h2-6,9,12H,8H2,1H3. The van der Waals surface area contributed by atoms with E-state index in [1.54, 1.807) is 6.92 Å². The molecule has 0 saturated heterocycles. The van der Waals surface area contributed by atoms with Crippen LogP contribution in [-0.4, -0.2) is 6.04 Å². The van der Waals surface area contributed by atoms with Crippen molar-refractivity contribution in [1.29, 1.82) is 5.26 Å². The Kier molecular flexibility index (Phi) is 3.97. The lowest BCUT2D eigenvalue weighted by Crippen LogP contribution is -2.24. The molecule has 0 radical (unpaired) electrons. The van der Waals surface area contributed by atoms with E-state index in [0.717, 1.165) is 5.56 Å². The quantitative estimate of drug-likeness (QED) is 0.709. The van der Waals surface area contributed by atoms with E-state index in [1.807, 2.05) is 36.4 Å². The van der Waals surface area contributed by atoms with Gasteiger partial charge in [0.1, 0.15) is 6.04 Å². The fourth-order valence-corrected chi connectivity index (χ4v) is 0.851. The number of hydrogen-bond acceptors (Lipinski definition) is 3. The lowest BCUT2D eigenvalue weighted by molar-refractivity contribution is 0.0184. The van der Waals surface area contributed by atoms with E-state index in [0.29, 0.717) is 6.61 Å². The second-order valence-corrected chi connectivity index (χ2v) is 2.74. The Hall–Kier alpha value is -1.37. The van der Waals surface area contributed by atoms with Crippen LogP contribution in [-0.2, 0) is 11.4 Å². The zero-order valence-corrected chi connectivity index (χ0v) is 7.53. The molecule has 0 bridgehead atoms. The number of rotatable bonds is 4. The molecule has 1 unspecified atom stereocenters. The van der Waals surface area contributed by atoms with Crippen LogP contribution in [0.5, 0.6) is 0 Å². The molecule has 0 heterocycles. The third-order valence-electron chi connectivity index (χ3n) is 1.54. The highest BCUT2D eigenvalue weighted by Crippen LogP contribution is 1.99. The van der Waals surface area contributed by atoms with Gasteiger partial charge in [0, 0.05) is 0 Å². The predicted octanol–water partition coefficient (Wildman–Crippen LogP) is 1.62. The Bertz CT molecular complexity index is 279. The molecule has 0 aliphatic rings. The van der Waals surface area contributed by atoms with Gasteiger partial charge in [-0.25, -0.2) is 0 Å². The molecule has 0 aliphatic carbocycles. The third-order valence-corrected chi connectivity index (χ3v) is 1.54. The molecule has 0 amide bonds. The summed E-state index contributed by atoms with van der Waals surface area (Å²) in [6.07, 6.45) is 0. The van der Waals surface area contributed by atoms with E-state index in [2.05, 4.69) is 5.48 Å². The molecular weight excluding hydrogens is 164 g/mol. The fourth-order valence-electron chi connectivity index (χ4n) is 0.851. The summed E-state index contributed by atoms with van der Waals surface area (Å²) in [7, 11) is 0. The van der Waals surface area contributed by atoms with Crippen LogP contribution in [0.4, 0.5) is 0 Å². The van der Waals surface area contributed by atoms with E-state index >= 15 is 0 Å². The van der Waals surface area contributed by atoms with Crippen molar-refractivity contribution in [2.75, 3.05) is 0 Å². The van der Waals surface area contributed by atoms with Crippen molar-refractivity contribution in [3.05, 3.63) is 35.9 Å². The number of hydrogen-bond donors (Lipinski definition) is 1. The van der Waals surface area contributed by atoms with Gasteiger partial charge in [0.25, 0.3) is 0 Å². The van der Waals surface area contributed by atoms with Crippen molar-refractivity contribution in [3.63, 3.8) is 0 Å². The van der Waals surface area contributed by atoms with Crippen LogP contribution < -0.4 is 5.48 Å². The molecule has 1 N–H and O–H groups in total. The zero-order chi connectivity index (χ0) is 9.52. The highest BCUT2D eigenvalue weighted by Gasteiger charge is 1.97. The van der Waals surface area contributed by atoms with Crippen molar-refractivity contribution < 1.29 is 4.84 Å². The van der Waals surface area contributed by atoms with Gasteiger partial charge >= 0.3 is 0 Å². The third kappa shape index (κ3) is 3.70. The number of nitriles is 1. The first-order valence-corrected chi connectivity index (χ1v) is 4.14. The largest absolute Gasteiger partial charge is 0.296 e. The minimum absolute atomic E-state index is 0.274. The molecule has 1 aromatic carbocycles. The summed E-state index contributed by atoms with van der Waals surface area (Å²) in [6, 6.07) is 11.5. The molecule has 1 atom stereocenters. The molecular formula is C10H12N2O. The second kappa shape index (κ2) is 5.31. The number of nitrogens with one attached hydrogen (secondary N) is 1. The summed E-state index contributed by atoms with van der Waals surface area (Å²) in [4.78, 5) is 5.10. The summed E-state index contributed by atoms with van der Waals surface area (Å²) in [5.74, 6) is 0. The lowest BCUT2D eigenvalue weighted by Gasteiger charge is -2.06. The molecule has 0 fully saturated rings. The minimum atomic E-state index is -0.274. The molecule has 0 spiro atoms. The van der Waals surface area contributed by atoms with Gasteiger partial charge in [-0.3, -0.25) is 4.84 Å². The van der Waals surface area contributed by atoms with E-state index < -0.39 is 0 Å². The van der Waals surface area contributed by atoms with Crippen molar-refractivity contribution in [1.82, 2.24) is 5.48 Å². The Labute approximate surface area is 77.9 Å². The average Bonchev–Trinajstić information content (AvgIpc) is 2.19. The fraction of sp³-hybridized carbons (Fsp3) is 0.300. The van der Waals surface area contributed by atoms with Gasteiger partial charge in [-0.1, -0.05) is 30.3 Å². The second-order valence-electron chi connectivity index (χ2n) is 2.74. The summed E-state index contributed by atoms with van der Waals surface area (Å²) in [5.41, 5.74) is 3.70. The van der Waals surface area contributed by atoms with Crippen LogP contribution >= 0.6 is 0 Å². The van der Waals surface area contributed by atoms with Crippen LogP contribution in [0.2, 0.25) is 0 Å². The van der Waals surface area contributed by atoms with Crippen LogP contribution in [0.15, 0.2) is 30.3 Å². The Morgan fingerprint density at radius 3 is 2.77 bits per heavy atom. The highest BCUT2D eigenvalue weighted by atomic mass is 16.6. The topological polar surface area (TPSA) is 45.0 Å². The van der Waals surface area contributed by atoms with Gasteiger partial charge in [0.15, 0.2) is 0 Å². The maximum atomic E-state index is 8.44. The Morgan fingerprint density at radius 1 is 1.46 bits per heavy atom. The van der Waals surface area contributed by atoms with E-state index in [1.165, 1.54) is 0 Å². The zero-order valence-electron chi connectivity index (χ0n) is 7.53. The molecule has 3 nitrogen and oxygen atoms in total. The molecule has 1 aromatic rings. The minimum Gasteiger partial charge on any atom is -0.296 e. The monoisotopic (exact) mass is 176 g/mol. The normalized spacial score (nSPS) is 12.0. The lowest BCUT2D eigenvalue weighted by atomic mass is 10.2. The molecule has 0 aliphatic heterocycles.